The molecule has 4 rings (SSSR count). The molecule has 3 N–H and O–H groups in total. The Balaban J connectivity index is 1.54. The van der Waals surface area contributed by atoms with Crippen LogP contribution in [0.15, 0.2) is 42.5 Å². The van der Waals surface area contributed by atoms with Crippen molar-refractivity contribution in [2.75, 3.05) is 11.9 Å². The maximum absolute atomic E-state index is 14.7. The van der Waals surface area contributed by atoms with Crippen molar-refractivity contribution in [3.8, 4) is 0 Å². The number of aromatic amines is 1. The van der Waals surface area contributed by atoms with Gasteiger partial charge in [-0.05, 0) is 50.9 Å². The highest BCUT2D eigenvalue weighted by atomic mass is 19.1. The third-order valence-corrected chi connectivity index (χ3v) is 6.66. The van der Waals surface area contributed by atoms with Crippen LogP contribution in [0.25, 0.3) is 0 Å². The summed E-state index contributed by atoms with van der Waals surface area (Å²) in [5.74, 6) is -0.823. The van der Waals surface area contributed by atoms with Crippen molar-refractivity contribution in [1.82, 2.24) is 20.1 Å². The van der Waals surface area contributed by atoms with Gasteiger partial charge in [0.15, 0.2) is 5.82 Å². The van der Waals surface area contributed by atoms with Crippen molar-refractivity contribution in [1.29, 1.82) is 0 Å². The molecule has 1 aliphatic heterocycles. The predicted octanol–water partition coefficient (Wildman–Crippen LogP) is 4.82. The van der Waals surface area contributed by atoms with E-state index in [-0.39, 0.29) is 24.0 Å². The van der Waals surface area contributed by atoms with Crippen LogP contribution in [0.1, 0.15) is 43.1 Å². The lowest BCUT2D eigenvalue weighted by molar-refractivity contribution is -0.154. The molecule has 1 aromatic carbocycles. The summed E-state index contributed by atoms with van der Waals surface area (Å²) in [4.78, 5) is 19.0. The lowest BCUT2D eigenvalue weighted by Gasteiger charge is -2.44. The number of carboxylic acid groups (broad SMARTS) is 1. The van der Waals surface area contributed by atoms with E-state index in [1.54, 1.807) is 24.3 Å². The second-order valence-electron chi connectivity index (χ2n) is 9.03. The number of H-pyrrole nitrogens is 1. The van der Waals surface area contributed by atoms with Gasteiger partial charge in [0.1, 0.15) is 17.5 Å². The lowest BCUT2D eigenvalue weighted by Crippen LogP contribution is -2.50. The number of aromatic nitrogens is 3. The van der Waals surface area contributed by atoms with E-state index in [9.17, 15) is 18.7 Å². The van der Waals surface area contributed by atoms with E-state index in [0.29, 0.717) is 49.6 Å². The van der Waals surface area contributed by atoms with E-state index in [4.69, 9.17) is 0 Å². The Labute approximate surface area is 197 Å². The van der Waals surface area contributed by atoms with E-state index in [2.05, 4.69) is 25.4 Å². The minimum absolute atomic E-state index is 0.0205. The van der Waals surface area contributed by atoms with Gasteiger partial charge in [-0.2, -0.15) is 5.10 Å². The fourth-order valence-electron chi connectivity index (χ4n) is 4.72. The van der Waals surface area contributed by atoms with Crippen molar-refractivity contribution in [3.05, 3.63) is 71.1 Å². The zero-order valence-corrected chi connectivity index (χ0v) is 19.3. The van der Waals surface area contributed by atoms with Crippen LogP contribution in [0.2, 0.25) is 0 Å². The number of carbonyl (C=O) groups is 1. The number of rotatable bonds is 8. The highest BCUT2D eigenvalue weighted by molar-refractivity contribution is 5.75. The van der Waals surface area contributed by atoms with Crippen LogP contribution in [0, 0.1) is 24.0 Å². The summed E-state index contributed by atoms with van der Waals surface area (Å²) in [5, 5.41) is 20.2. The molecule has 7 nitrogen and oxygen atoms in total. The number of benzene rings is 1. The number of pyridine rings is 1. The maximum Gasteiger partial charge on any atom is 0.310 e. The molecule has 0 bridgehead atoms. The van der Waals surface area contributed by atoms with Crippen LogP contribution < -0.4 is 5.32 Å². The molecule has 0 aliphatic carbocycles. The zero-order chi connectivity index (χ0) is 24.3. The topological polar surface area (TPSA) is 94.1 Å². The van der Waals surface area contributed by atoms with Crippen LogP contribution in [0.3, 0.4) is 0 Å². The number of aryl methyl sites for hydroxylation is 1. The molecule has 34 heavy (non-hydrogen) atoms. The summed E-state index contributed by atoms with van der Waals surface area (Å²) in [6, 6.07) is 11.2. The quantitative estimate of drug-likeness (QED) is 0.438. The van der Waals surface area contributed by atoms with Crippen molar-refractivity contribution in [3.63, 3.8) is 0 Å². The molecular weight excluding hydrogens is 440 g/mol. The number of aliphatic carboxylic acids is 1. The Hall–Kier alpha value is -3.33. The van der Waals surface area contributed by atoms with Crippen LogP contribution in [0.4, 0.5) is 20.4 Å². The summed E-state index contributed by atoms with van der Waals surface area (Å²) in [6.07, 6.45) is 1.35. The largest absolute Gasteiger partial charge is 0.481 e. The van der Waals surface area contributed by atoms with Gasteiger partial charge in [0.25, 0.3) is 0 Å². The number of likely N-dealkylation sites (tertiary alicyclic amines) is 1. The fourth-order valence-corrected chi connectivity index (χ4v) is 4.72. The third kappa shape index (κ3) is 5.09. The molecule has 0 spiro atoms. The Morgan fingerprint density at radius 1 is 1.24 bits per heavy atom. The van der Waals surface area contributed by atoms with Gasteiger partial charge in [0.2, 0.25) is 0 Å². The zero-order valence-electron chi connectivity index (χ0n) is 19.3. The first-order valence-corrected chi connectivity index (χ1v) is 11.4. The number of hydrogen-bond acceptors (Lipinski definition) is 5. The number of piperidine rings is 1. The van der Waals surface area contributed by atoms with Gasteiger partial charge in [-0.25, -0.2) is 13.8 Å². The molecule has 1 aliphatic rings. The molecule has 0 saturated carbocycles. The second kappa shape index (κ2) is 9.89. The van der Waals surface area contributed by atoms with Gasteiger partial charge in [-0.3, -0.25) is 14.8 Å². The van der Waals surface area contributed by atoms with Gasteiger partial charge in [0.05, 0.1) is 11.1 Å². The summed E-state index contributed by atoms with van der Waals surface area (Å²) < 4.78 is 28.9. The molecule has 9 heteroatoms. The van der Waals surface area contributed by atoms with Crippen molar-refractivity contribution >= 4 is 17.6 Å². The van der Waals surface area contributed by atoms with E-state index in [1.165, 1.54) is 18.2 Å². The Bertz CT molecular complexity index is 1170. The van der Waals surface area contributed by atoms with Crippen LogP contribution in [-0.2, 0) is 17.8 Å². The van der Waals surface area contributed by atoms with Gasteiger partial charge < -0.3 is 10.4 Å². The van der Waals surface area contributed by atoms with Gasteiger partial charge in [-0.1, -0.05) is 25.1 Å². The van der Waals surface area contributed by atoms with E-state index in [0.717, 1.165) is 5.69 Å². The number of carboxylic acids is 1. The average Bonchev–Trinajstić information content (AvgIpc) is 3.22. The number of nitrogens with zero attached hydrogens (tertiary/aromatic N) is 3. The first-order chi connectivity index (χ1) is 16.3. The van der Waals surface area contributed by atoms with Gasteiger partial charge >= 0.3 is 5.97 Å². The van der Waals surface area contributed by atoms with Gasteiger partial charge in [0, 0.05) is 36.3 Å². The highest BCUT2D eigenvalue weighted by Gasteiger charge is 2.46. The van der Waals surface area contributed by atoms with Crippen LogP contribution in [-0.4, -0.2) is 43.7 Å². The summed E-state index contributed by atoms with van der Waals surface area (Å²) in [6.45, 7) is 4.74. The minimum Gasteiger partial charge on any atom is -0.481 e. The molecule has 1 saturated heterocycles. The third-order valence-electron chi connectivity index (χ3n) is 6.66. The van der Waals surface area contributed by atoms with Crippen molar-refractivity contribution in [2.24, 2.45) is 5.41 Å². The summed E-state index contributed by atoms with van der Waals surface area (Å²) >= 11 is 0. The number of halogens is 2. The number of hydrogen-bond donors (Lipinski definition) is 3. The van der Waals surface area contributed by atoms with E-state index < -0.39 is 17.2 Å². The molecule has 1 unspecified atom stereocenters. The highest BCUT2D eigenvalue weighted by Crippen LogP contribution is 2.40. The second-order valence-corrected chi connectivity index (χ2v) is 9.03. The Morgan fingerprint density at radius 3 is 2.71 bits per heavy atom. The monoisotopic (exact) mass is 469 g/mol. The van der Waals surface area contributed by atoms with Gasteiger partial charge in [-0.15, -0.1) is 0 Å². The fraction of sp³-hybridized carbons (Fsp3) is 0.400. The van der Waals surface area contributed by atoms with Crippen LogP contribution in [0.5, 0.6) is 0 Å². The van der Waals surface area contributed by atoms with Crippen LogP contribution >= 0.6 is 0 Å². The molecule has 3 aromatic rings. The molecule has 0 radical (unpaired) electrons. The van der Waals surface area contributed by atoms with E-state index >= 15 is 0 Å². The minimum atomic E-state index is -1.15. The molecule has 3 heterocycles. The molecule has 2 aromatic heterocycles. The normalized spacial score (nSPS) is 20.9. The Morgan fingerprint density at radius 2 is 2.03 bits per heavy atom. The molecule has 0 amide bonds. The maximum atomic E-state index is 14.7. The lowest BCUT2D eigenvalue weighted by atomic mass is 9.71. The number of anilines is 2. The smallest absolute Gasteiger partial charge is 0.310 e. The predicted molar refractivity (Wildman–Crippen MR) is 125 cm³/mol. The SMILES string of the molecule is CC[C@@H]1CC(Cc2nc(Nc3cc(C)[nH]n3)ccc2F)(C(=O)O)CCN1Cc1ccccc1F. The first kappa shape index (κ1) is 23.8. The van der Waals surface area contributed by atoms with E-state index in [1.807, 2.05) is 13.8 Å². The van der Waals surface area contributed by atoms with Crippen molar-refractivity contribution < 1.29 is 18.7 Å². The Kier molecular flexibility index (Phi) is 6.92. The molecule has 180 valence electrons. The number of nitrogens with one attached hydrogen (secondary N) is 2. The average molecular weight is 470 g/mol. The molecule has 1 fully saturated rings. The first-order valence-electron chi connectivity index (χ1n) is 11.4. The molecule has 2 atom stereocenters. The standard InChI is InChI=1S/C25H29F2N5O2/c1-3-18-13-25(24(33)34,10-11-32(18)15-17-6-4-5-7-19(17)26)14-21-20(27)8-9-22(28-21)29-23-12-16(2)30-31-23/h4-9,12,18H,3,10-11,13-15H2,1-2H3,(H,33,34)(H2,28,29,30,31)/t18-,25?/m1/s1. The molecular formula is C25H29F2N5O2. The summed E-state index contributed by atoms with van der Waals surface area (Å²) in [5.41, 5.74) is 0.408. The van der Waals surface area contributed by atoms with Crippen molar-refractivity contribution in [2.45, 2.75) is 52.1 Å². The summed E-state index contributed by atoms with van der Waals surface area (Å²) in [7, 11) is 0.